The van der Waals surface area contributed by atoms with E-state index in [9.17, 15) is 19.1 Å². The zero-order valence-electron chi connectivity index (χ0n) is 16.2. The highest BCUT2D eigenvalue weighted by atomic mass is 32.1. The third-order valence-corrected chi connectivity index (χ3v) is 6.25. The van der Waals surface area contributed by atoms with Crippen molar-refractivity contribution in [2.24, 2.45) is 0 Å². The second-order valence-corrected chi connectivity index (χ2v) is 8.43. The van der Waals surface area contributed by atoms with E-state index in [-0.39, 0.29) is 31.7 Å². The maximum Gasteiger partial charge on any atom is 0.249 e. The van der Waals surface area contributed by atoms with Crippen LogP contribution in [0.25, 0.3) is 10.2 Å². The van der Waals surface area contributed by atoms with Gasteiger partial charge in [0, 0.05) is 25.1 Å². The van der Waals surface area contributed by atoms with Crippen LogP contribution < -0.4 is 14.8 Å². The molecule has 0 bridgehead atoms. The number of anilines is 1. The van der Waals surface area contributed by atoms with Gasteiger partial charge in [-0.3, -0.25) is 9.59 Å². The number of hydrogen-bond donors (Lipinski definition) is 2. The van der Waals surface area contributed by atoms with Crippen LogP contribution in [0.15, 0.2) is 36.4 Å². The molecule has 2 amide bonds. The van der Waals surface area contributed by atoms with Crippen molar-refractivity contribution >= 4 is 38.5 Å². The van der Waals surface area contributed by atoms with E-state index >= 15 is 0 Å². The number of aliphatic hydroxyl groups is 1. The Hall–Kier alpha value is -3.24. The number of benzene rings is 2. The van der Waals surface area contributed by atoms with Crippen molar-refractivity contribution in [3.05, 3.63) is 47.8 Å². The molecule has 3 heterocycles. The fourth-order valence-corrected chi connectivity index (χ4v) is 4.68. The topological polar surface area (TPSA) is 101 Å². The van der Waals surface area contributed by atoms with Crippen LogP contribution in [0.4, 0.5) is 9.52 Å². The van der Waals surface area contributed by atoms with Crippen molar-refractivity contribution in [2.75, 3.05) is 18.7 Å². The molecule has 1 saturated heterocycles. The summed E-state index contributed by atoms with van der Waals surface area (Å²) < 4.78 is 25.4. The number of aliphatic hydroxyl groups excluding tert-OH is 1. The minimum Gasteiger partial charge on any atom is -0.454 e. The van der Waals surface area contributed by atoms with Gasteiger partial charge >= 0.3 is 0 Å². The molecule has 160 valence electrons. The Morgan fingerprint density at radius 1 is 1.26 bits per heavy atom. The number of aromatic nitrogens is 1. The summed E-state index contributed by atoms with van der Waals surface area (Å²) in [5, 5.41) is 13.2. The first-order valence-corrected chi connectivity index (χ1v) is 10.5. The first-order chi connectivity index (χ1) is 15.0. The summed E-state index contributed by atoms with van der Waals surface area (Å²) in [4.78, 5) is 31.4. The first kappa shape index (κ1) is 19.7. The maximum atomic E-state index is 13.9. The molecule has 0 radical (unpaired) electrons. The van der Waals surface area contributed by atoms with Crippen molar-refractivity contribution in [3.8, 4) is 11.5 Å². The SMILES string of the molecule is O=C(Nc1nc2cc3c(cc2s1)OCO3)C1CC(O)CN1C(=O)Cc1ccccc1F. The van der Waals surface area contributed by atoms with Gasteiger partial charge in [-0.25, -0.2) is 9.37 Å². The zero-order valence-corrected chi connectivity index (χ0v) is 17.0. The Labute approximate surface area is 180 Å². The number of rotatable bonds is 4. The first-order valence-electron chi connectivity index (χ1n) is 9.70. The summed E-state index contributed by atoms with van der Waals surface area (Å²) in [6.07, 6.45) is -0.904. The van der Waals surface area contributed by atoms with E-state index in [2.05, 4.69) is 10.3 Å². The van der Waals surface area contributed by atoms with E-state index in [0.29, 0.717) is 22.1 Å². The summed E-state index contributed by atoms with van der Waals surface area (Å²) in [6, 6.07) is 8.68. The standard InChI is InChI=1S/C21H18FN3O5S/c22-13-4-2-1-3-11(13)5-19(27)25-9-12(26)6-15(25)20(28)24-21-23-14-7-16-17(30-10-29-16)8-18(14)31-21/h1-4,7-8,12,15,26H,5-6,9-10H2,(H,23,24,28). The van der Waals surface area contributed by atoms with Crippen LogP contribution >= 0.6 is 11.3 Å². The average molecular weight is 443 g/mol. The minimum absolute atomic E-state index is 0.0205. The molecule has 10 heteroatoms. The van der Waals surface area contributed by atoms with Gasteiger partial charge in [0.15, 0.2) is 16.6 Å². The largest absolute Gasteiger partial charge is 0.454 e. The fourth-order valence-electron chi connectivity index (χ4n) is 3.80. The summed E-state index contributed by atoms with van der Waals surface area (Å²) in [7, 11) is 0. The number of nitrogens with zero attached hydrogens (tertiary/aromatic N) is 2. The number of carbonyl (C=O) groups is 2. The van der Waals surface area contributed by atoms with Crippen LogP contribution in [0.1, 0.15) is 12.0 Å². The predicted molar refractivity (Wildman–Crippen MR) is 111 cm³/mol. The van der Waals surface area contributed by atoms with Gasteiger partial charge in [0.2, 0.25) is 18.6 Å². The molecule has 2 unspecified atom stereocenters. The minimum atomic E-state index is -0.863. The van der Waals surface area contributed by atoms with E-state index < -0.39 is 29.8 Å². The molecule has 8 nitrogen and oxygen atoms in total. The number of ether oxygens (including phenoxy) is 2. The molecule has 0 spiro atoms. The second kappa shape index (κ2) is 7.78. The summed E-state index contributed by atoms with van der Waals surface area (Å²) in [6.45, 7) is 0.184. The molecule has 2 aromatic carbocycles. The van der Waals surface area contributed by atoms with Gasteiger partial charge in [-0.15, -0.1) is 0 Å². The van der Waals surface area contributed by atoms with Crippen LogP contribution in [0.2, 0.25) is 0 Å². The maximum absolute atomic E-state index is 13.9. The number of hydrogen-bond acceptors (Lipinski definition) is 7. The number of carbonyl (C=O) groups excluding carboxylic acids is 2. The van der Waals surface area contributed by atoms with Crippen molar-refractivity contribution in [2.45, 2.75) is 25.0 Å². The lowest BCUT2D eigenvalue weighted by Crippen LogP contribution is -2.44. The van der Waals surface area contributed by atoms with Gasteiger partial charge in [0.25, 0.3) is 0 Å². The fraction of sp³-hybridized carbons (Fsp3) is 0.286. The van der Waals surface area contributed by atoms with Crippen LogP contribution in [0.3, 0.4) is 0 Å². The molecule has 1 fully saturated rings. The Kier molecular flexibility index (Phi) is 4.95. The van der Waals surface area contributed by atoms with E-state index in [1.807, 2.05) is 0 Å². The Morgan fingerprint density at radius 3 is 2.84 bits per heavy atom. The smallest absolute Gasteiger partial charge is 0.249 e. The van der Waals surface area contributed by atoms with Crippen LogP contribution in [-0.4, -0.2) is 52.3 Å². The lowest BCUT2D eigenvalue weighted by Gasteiger charge is -2.23. The van der Waals surface area contributed by atoms with Crippen LogP contribution in [-0.2, 0) is 16.0 Å². The normalized spacial score (nSPS) is 19.7. The quantitative estimate of drug-likeness (QED) is 0.642. The number of fused-ring (bicyclic) bond motifs is 2. The Morgan fingerprint density at radius 2 is 2.03 bits per heavy atom. The van der Waals surface area contributed by atoms with Gasteiger partial charge in [-0.05, 0) is 11.6 Å². The van der Waals surface area contributed by atoms with E-state index in [0.717, 1.165) is 4.70 Å². The Balaban J connectivity index is 1.32. The molecule has 2 aliphatic rings. The van der Waals surface area contributed by atoms with Gasteiger partial charge in [-0.2, -0.15) is 0 Å². The highest BCUT2D eigenvalue weighted by Gasteiger charge is 2.39. The van der Waals surface area contributed by atoms with Gasteiger partial charge in [0.1, 0.15) is 11.9 Å². The lowest BCUT2D eigenvalue weighted by molar-refractivity contribution is -0.136. The summed E-state index contributed by atoms with van der Waals surface area (Å²) in [5.74, 6) is -0.127. The number of β-amino-alcohol motifs (C(OH)–C–C–N with tert-alkyl or cyclic N) is 1. The highest BCUT2D eigenvalue weighted by molar-refractivity contribution is 7.22. The molecule has 1 aromatic heterocycles. The summed E-state index contributed by atoms with van der Waals surface area (Å²) in [5.41, 5.74) is 0.903. The van der Waals surface area contributed by atoms with E-state index in [4.69, 9.17) is 9.47 Å². The zero-order chi connectivity index (χ0) is 21.5. The average Bonchev–Trinajstić information content (AvgIpc) is 3.45. The van der Waals surface area contributed by atoms with Gasteiger partial charge in [0.05, 0.1) is 22.7 Å². The number of nitrogens with one attached hydrogen (secondary N) is 1. The van der Waals surface area contributed by atoms with Crippen LogP contribution in [0.5, 0.6) is 11.5 Å². The third kappa shape index (κ3) is 3.79. The van der Waals surface area contributed by atoms with Gasteiger partial charge < -0.3 is 24.8 Å². The molecule has 0 aliphatic carbocycles. The van der Waals surface area contributed by atoms with E-state index in [1.165, 1.54) is 28.4 Å². The number of thiazole rings is 1. The molecule has 5 rings (SSSR count). The van der Waals surface area contributed by atoms with Crippen molar-refractivity contribution in [1.82, 2.24) is 9.88 Å². The lowest BCUT2D eigenvalue weighted by atomic mass is 10.1. The molecule has 2 atom stereocenters. The predicted octanol–water partition coefficient (Wildman–Crippen LogP) is 2.31. The molecule has 3 aromatic rings. The number of amides is 2. The molecule has 2 N–H and O–H groups in total. The molecular weight excluding hydrogens is 425 g/mol. The van der Waals surface area contributed by atoms with Crippen molar-refractivity contribution < 1.29 is 28.6 Å². The highest BCUT2D eigenvalue weighted by Crippen LogP contribution is 2.39. The third-order valence-electron chi connectivity index (χ3n) is 5.31. The van der Waals surface area contributed by atoms with E-state index in [1.54, 1.807) is 24.3 Å². The van der Waals surface area contributed by atoms with Gasteiger partial charge in [-0.1, -0.05) is 29.5 Å². The molecular formula is C21H18FN3O5S. The monoisotopic (exact) mass is 443 g/mol. The van der Waals surface area contributed by atoms with Crippen LogP contribution in [0, 0.1) is 5.82 Å². The van der Waals surface area contributed by atoms with Crippen molar-refractivity contribution in [1.29, 1.82) is 0 Å². The molecule has 2 aliphatic heterocycles. The Bertz CT molecular complexity index is 1140. The molecule has 31 heavy (non-hydrogen) atoms. The second-order valence-electron chi connectivity index (χ2n) is 7.40. The molecule has 0 saturated carbocycles. The van der Waals surface area contributed by atoms with Crippen molar-refractivity contribution in [3.63, 3.8) is 0 Å². The number of likely N-dealkylation sites (tertiary alicyclic amines) is 1. The number of halogens is 1. The summed E-state index contributed by atoms with van der Waals surface area (Å²) >= 11 is 1.27.